The molecule has 0 saturated carbocycles. The van der Waals surface area contributed by atoms with Gasteiger partial charge in [0.2, 0.25) is 0 Å². The molecule has 0 N–H and O–H groups in total. The van der Waals surface area contributed by atoms with Gasteiger partial charge in [-0.15, -0.1) is 0 Å². The van der Waals surface area contributed by atoms with Crippen molar-refractivity contribution in [3.63, 3.8) is 0 Å². The van der Waals surface area contributed by atoms with Gasteiger partial charge in [-0.1, -0.05) is 24.3 Å². The third-order valence-electron chi connectivity index (χ3n) is 4.49. The summed E-state index contributed by atoms with van der Waals surface area (Å²) in [6, 6.07) is 14.6. The highest BCUT2D eigenvalue weighted by molar-refractivity contribution is 5.42. The van der Waals surface area contributed by atoms with Crippen LogP contribution < -0.4 is 9.47 Å². The van der Waals surface area contributed by atoms with Gasteiger partial charge < -0.3 is 18.9 Å². The average molecular weight is 357 g/mol. The SMILES string of the molecule is COCCOCCOc1cccc2c1CN(Cc1ccc(OC)cc1)C2. The lowest BCUT2D eigenvalue weighted by molar-refractivity contribution is 0.0542. The third kappa shape index (κ3) is 4.97. The van der Waals surface area contributed by atoms with Crippen LogP contribution in [0.5, 0.6) is 11.5 Å². The molecule has 26 heavy (non-hydrogen) atoms. The van der Waals surface area contributed by atoms with E-state index in [1.54, 1.807) is 14.2 Å². The molecule has 2 aromatic rings. The van der Waals surface area contributed by atoms with Crippen LogP contribution in [-0.4, -0.2) is 45.5 Å². The van der Waals surface area contributed by atoms with Crippen LogP contribution in [0.15, 0.2) is 42.5 Å². The highest BCUT2D eigenvalue weighted by atomic mass is 16.5. The fourth-order valence-electron chi connectivity index (χ4n) is 3.15. The zero-order valence-corrected chi connectivity index (χ0v) is 15.6. The van der Waals surface area contributed by atoms with E-state index in [4.69, 9.17) is 18.9 Å². The first kappa shape index (κ1) is 18.7. The maximum absolute atomic E-state index is 5.95. The normalized spacial score (nSPS) is 13.6. The maximum Gasteiger partial charge on any atom is 0.124 e. The standard InChI is InChI=1S/C21H27NO4/c1-23-10-11-25-12-13-26-21-5-3-4-18-15-22(16-20(18)21)14-17-6-8-19(24-2)9-7-17/h3-9H,10-16H2,1-2H3. The first-order valence-corrected chi connectivity index (χ1v) is 8.95. The minimum Gasteiger partial charge on any atom is -0.497 e. The van der Waals surface area contributed by atoms with Gasteiger partial charge in [-0.2, -0.15) is 0 Å². The van der Waals surface area contributed by atoms with Gasteiger partial charge in [-0.3, -0.25) is 4.90 Å². The van der Waals surface area contributed by atoms with Crippen LogP contribution >= 0.6 is 0 Å². The summed E-state index contributed by atoms with van der Waals surface area (Å²) in [4.78, 5) is 2.43. The van der Waals surface area contributed by atoms with E-state index >= 15 is 0 Å². The quantitative estimate of drug-likeness (QED) is 0.611. The summed E-state index contributed by atoms with van der Waals surface area (Å²) in [6.07, 6.45) is 0. The van der Waals surface area contributed by atoms with Gasteiger partial charge >= 0.3 is 0 Å². The molecule has 0 unspecified atom stereocenters. The zero-order chi connectivity index (χ0) is 18.2. The van der Waals surface area contributed by atoms with E-state index in [1.807, 2.05) is 18.2 Å². The summed E-state index contributed by atoms with van der Waals surface area (Å²) < 4.78 is 21.6. The molecule has 0 spiro atoms. The van der Waals surface area contributed by atoms with Crippen LogP contribution in [0.1, 0.15) is 16.7 Å². The van der Waals surface area contributed by atoms with Crippen LogP contribution in [0.25, 0.3) is 0 Å². The molecule has 3 rings (SSSR count). The number of nitrogens with zero attached hydrogens (tertiary/aromatic N) is 1. The van der Waals surface area contributed by atoms with Crippen molar-refractivity contribution in [3.05, 3.63) is 59.2 Å². The Morgan fingerprint density at radius 2 is 1.69 bits per heavy atom. The molecule has 5 heteroatoms. The van der Waals surface area contributed by atoms with E-state index in [0.717, 1.165) is 31.1 Å². The number of methoxy groups -OCH3 is 2. The summed E-state index contributed by atoms with van der Waals surface area (Å²) >= 11 is 0. The number of benzene rings is 2. The third-order valence-corrected chi connectivity index (χ3v) is 4.49. The Balaban J connectivity index is 1.53. The molecule has 0 fully saturated rings. The maximum atomic E-state index is 5.95. The molecule has 5 nitrogen and oxygen atoms in total. The number of hydrogen-bond donors (Lipinski definition) is 0. The molecule has 0 atom stereocenters. The summed E-state index contributed by atoms with van der Waals surface area (Å²) in [5, 5.41) is 0. The Morgan fingerprint density at radius 3 is 2.46 bits per heavy atom. The van der Waals surface area contributed by atoms with E-state index < -0.39 is 0 Å². The first-order valence-electron chi connectivity index (χ1n) is 8.95. The lowest BCUT2D eigenvalue weighted by Gasteiger charge is -2.15. The molecule has 0 aromatic heterocycles. The van der Waals surface area contributed by atoms with Gasteiger partial charge in [0.25, 0.3) is 0 Å². The molecule has 0 aliphatic carbocycles. The molecule has 1 heterocycles. The van der Waals surface area contributed by atoms with Crippen molar-refractivity contribution in [3.8, 4) is 11.5 Å². The highest BCUT2D eigenvalue weighted by Crippen LogP contribution is 2.32. The fourth-order valence-corrected chi connectivity index (χ4v) is 3.15. The molecule has 1 aliphatic heterocycles. The summed E-state index contributed by atoms with van der Waals surface area (Å²) in [5.41, 5.74) is 3.92. The summed E-state index contributed by atoms with van der Waals surface area (Å²) in [6.45, 7) is 5.11. The van der Waals surface area contributed by atoms with Crippen LogP contribution in [-0.2, 0) is 29.1 Å². The molecule has 0 bridgehead atoms. The van der Waals surface area contributed by atoms with Crippen LogP contribution in [0, 0.1) is 0 Å². The monoisotopic (exact) mass is 357 g/mol. The zero-order valence-electron chi connectivity index (χ0n) is 15.6. The Morgan fingerprint density at radius 1 is 0.885 bits per heavy atom. The summed E-state index contributed by atoms with van der Waals surface area (Å²) in [5.74, 6) is 1.86. The predicted molar refractivity (Wildman–Crippen MR) is 101 cm³/mol. The number of fused-ring (bicyclic) bond motifs is 1. The van der Waals surface area contributed by atoms with E-state index in [0.29, 0.717) is 26.4 Å². The van der Waals surface area contributed by atoms with Crippen molar-refractivity contribution >= 4 is 0 Å². The molecular weight excluding hydrogens is 330 g/mol. The second kappa shape index (κ2) is 9.57. The second-order valence-electron chi connectivity index (χ2n) is 6.34. The van der Waals surface area contributed by atoms with E-state index in [1.165, 1.54) is 16.7 Å². The van der Waals surface area contributed by atoms with Gasteiger partial charge in [0.05, 0.1) is 26.9 Å². The molecule has 0 saturated heterocycles. The lowest BCUT2D eigenvalue weighted by Crippen LogP contribution is -2.15. The van der Waals surface area contributed by atoms with Gasteiger partial charge in [0.15, 0.2) is 0 Å². The van der Waals surface area contributed by atoms with Crippen molar-refractivity contribution in [2.24, 2.45) is 0 Å². The van der Waals surface area contributed by atoms with Crippen molar-refractivity contribution in [1.29, 1.82) is 0 Å². The van der Waals surface area contributed by atoms with Gasteiger partial charge in [-0.25, -0.2) is 0 Å². The number of hydrogen-bond acceptors (Lipinski definition) is 5. The van der Waals surface area contributed by atoms with E-state index in [2.05, 4.69) is 29.2 Å². The lowest BCUT2D eigenvalue weighted by atomic mass is 10.1. The van der Waals surface area contributed by atoms with Gasteiger partial charge in [0.1, 0.15) is 18.1 Å². The molecular formula is C21H27NO4. The molecule has 2 aromatic carbocycles. The second-order valence-corrected chi connectivity index (χ2v) is 6.34. The number of ether oxygens (including phenoxy) is 4. The van der Waals surface area contributed by atoms with Crippen LogP contribution in [0.3, 0.4) is 0 Å². The van der Waals surface area contributed by atoms with Crippen LogP contribution in [0.4, 0.5) is 0 Å². The highest BCUT2D eigenvalue weighted by Gasteiger charge is 2.22. The van der Waals surface area contributed by atoms with E-state index in [-0.39, 0.29) is 0 Å². The van der Waals surface area contributed by atoms with Crippen molar-refractivity contribution < 1.29 is 18.9 Å². The molecule has 0 amide bonds. The Hall–Kier alpha value is -2.08. The predicted octanol–water partition coefficient (Wildman–Crippen LogP) is 3.25. The van der Waals surface area contributed by atoms with Crippen molar-refractivity contribution in [2.45, 2.75) is 19.6 Å². The molecule has 140 valence electrons. The molecule has 0 radical (unpaired) electrons. The average Bonchev–Trinajstić information content (AvgIpc) is 3.08. The smallest absolute Gasteiger partial charge is 0.124 e. The number of rotatable bonds is 10. The van der Waals surface area contributed by atoms with Gasteiger partial charge in [0, 0.05) is 32.3 Å². The first-order chi connectivity index (χ1) is 12.8. The molecule has 1 aliphatic rings. The minimum atomic E-state index is 0.554. The Bertz CT molecular complexity index is 687. The van der Waals surface area contributed by atoms with Gasteiger partial charge in [-0.05, 0) is 29.3 Å². The minimum absolute atomic E-state index is 0.554. The van der Waals surface area contributed by atoms with E-state index in [9.17, 15) is 0 Å². The van der Waals surface area contributed by atoms with Crippen molar-refractivity contribution in [1.82, 2.24) is 4.90 Å². The topological polar surface area (TPSA) is 40.2 Å². The van der Waals surface area contributed by atoms with Crippen LogP contribution in [0.2, 0.25) is 0 Å². The Labute approximate surface area is 155 Å². The largest absolute Gasteiger partial charge is 0.497 e. The Kier molecular flexibility index (Phi) is 6.89. The van der Waals surface area contributed by atoms with Crippen molar-refractivity contribution in [2.75, 3.05) is 40.6 Å². The fraction of sp³-hybridized carbons (Fsp3) is 0.429. The summed E-state index contributed by atoms with van der Waals surface area (Å²) in [7, 11) is 3.36.